The van der Waals surface area contributed by atoms with Crippen LogP contribution in [0.5, 0.6) is 5.75 Å². The van der Waals surface area contributed by atoms with Gasteiger partial charge in [-0.2, -0.15) is 0 Å². The minimum Gasteiger partial charge on any atom is -0.488 e. The largest absolute Gasteiger partial charge is 0.488 e. The van der Waals surface area contributed by atoms with E-state index >= 15 is 0 Å². The van der Waals surface area contributed by atoms with Crippen molar-refractivity contribution >= 4 is 68.6 Å². The maximum Gasteiger partial charge on any atom is 0.407 e. The first-order valence-electron chi connectivity index (χ1n) is 13.1. The first-order chi connectivity index (χ1) is 19.2. The number of alkyl carbamates (subject to hydrolysis) is 1. The Morgan fingerprint density at radius 1 is 1.10 bits per heavy atom. The highest BCUT2D eigenvalue weighted by atomic mass is 127. The number of ether oxygens (including phenoxy) is 2. The molecule has 41 heavy (non-hydrogen) atoms. The van der Waals surface area contributed by atoms with Gasteiger partial charge in [-0.1, -0.05) is 0 Å². The molecule has 0 unspecified atom stereocenters. The molecule has 0 aliphatic heterocycles. The third-order valence-corrected chi connectivity index (χ3v) is 8.61. The Morgan fingerprint density at radius 2 is 1.78 bits per heavy atom. The third kappa shape index (κ3) is 7.99. The molecule has 2 aliphatic rings. The zero-order valence-electron chi connectivity index (χ0n) is 23.4. The van der Waals surface area contributed by atoms with Gasteiger partial charge in [0.1, 0.15) is 34.1 Å². The summed E-state index contributed by atoms with van der Waals surface area (Å²) in [4.78, 5) is 36.8. The van der Waals surface area contributed by atoms with E-state index in [0.29, 0.717) is 46.0 Å². The van der Waals surface area contributed by atoms with Crippen LogP contribution in [0.15, 0.2) is 18.2 Å². The number of carbonyl (C=O) groups is 3. The number of halogens is 2. The summed E-state index contributed by atoms with van der Waals surface area (Å²) in [6, 6.07) is 3.63. The number of hydrogen-bond donors (Lipinski definition) is 6. The second kappa shape index (κ2) is 12.4. The van der Waals surface area contributed by atoms with Gasteiger partial charge in [-0.3, -0.25) is 15.0 Å². The van der Waals surface area contributed by atoms with Gasteiger partial charge in [0, 0.05) is 31.9 Å². The van der Waals surface area contributed by atoms with Crippen molar-refractivity contribution in [3.05, 3.63) is 40.0 Å². The van der Waals surface area contributed by atoms with E-state index in [9.17, 15) is 18.8 Å². The Labute approximate surface area is 255 Å². The van der Waals surface area contributed by atoms with Crippen LogP contribution in [0.3, 0.4) is 0 Å². The summed E-state index contributed by atoms with van der Waals surface area (Å²) in [5, 5.41) is 21.0. The Kier molecular flexibility index (Phi) is 9.31. The zero-order valence-corrected chi connectivity index (χ0v) is 26.3. The van der Waals surface area contributed by atoms with Gasteiger partial charge >= 0.3 is 6.09 Å². The molecular formula is C27H34FIN6O5S. The van der Waals surface area contributed by atoms with Crippen LogP contribution in [0.1, 0.15) is 67.8 Å². The van der Waals surface area contributed by atoms with Gasteiger partial charge in [0.15, 0.2) is 0 Å². The van der Waals surface area contributed by atoms with Crippen LogP contribution in [0.2, 0.25) is 0 Å². The maximum absolute atomic E-state index is 14.1. The van der Waals surface area contributed by atoms with Crippen molar-refractivity contribution in [3.8, 4) is 5.75 Å². The summed E-state index contributed by atoms with van der Waals surface area (Å²) >= 11 is 3.16. The topological polar surface area (TPSA) is 154 Å². The van der Waals surface area contributed by atoms with Gasteiger partial charge in [-0.25, -0.2) is 9.18 Å². The highest BCUT2D eigenvalue weighted by Gasteiger charge is 2.41. The van der Waals surface area contributed by atoms with Gasteiger partial charge in [-0.05, 0) is 51.8 Å². The first kappa shape index (κ1) is 30.8. The predicted octanol–water partition coefficient (Wildman–Crippen LogP) is 4.84. The molecule has 0 spiro atoms. The van der Waals surface area contributed by atoms with E-state index in [1.54, 1.807) is 27.7 Å². The van der Waals surface area contributed by atoms with E-state index in [2.05, 4.69) is 24.8 Å². The van der Waals surface area contributed by atoms with Crippen LogP contribution in [0.4, 0.5) is 19.9 Å². The minimum absolute atomic E-state index is 0.00838. The molecule has 2 fully saturated rings. The van der Waals surface area contributed by atoms with E-state index in [1.165, 1.54) is 36.5 Å². The van der Waals surface area contributed by atoms with Crippen molar-refractivity contribution < 1.29 is 28.2 Å². The quantitative estimate of drug-likeness (QED) is 0.0948. The van der Waals surface area contributed by atoms with E-state index in [-0.39, 0.29) is 47.6 Å². The van der Waals surface area contributed by atoms with Gasteiger partial charge in [0.05, 0.1) is 51.1 Å². The van der Waals surface area contributed by atoms with Crippen LogP contribution in [0, 0.1) is 18.2 Å². The van der Waals surface area contributed by atoms with Gasteiger partial charge < -0.3 is 34.3 Å². The highest BCUT2D eigenvalue weighted by molar-refractivity contribution is 14.1. The molecule has 1 aromatic heterocycles. The molecule has 2 saturated carbocycles. The molecule has 222 valence electrons. The fraction of sp³-hybridized carbons (Fsp3) is 0.481. The lowest BCUT2D eigenvalue weighted by molar-refractivity contribution is -0.120. The van der Waals surface area contributed by atoms with Gasteiger partial charge in [0.2, 0.25) is 5.91 Å². The number of anilines is 2. The van der Waals surface area contributed by atoms with Crippen molar-refractivity contribution in [2.24, 2.45) is 0 Å². The number of amides is 3. The fourth-order valence-corrected chi connectivity index (χ4v) is 6.05. The molecule has 11 nitrogen and oxygen atoms in total. The van der Waals surface area contributed by atoms with Crippen LogP contribution in [-0.2, 0) is 9.53 Å². The fourth-order valence-electron chi connectivity index (χ4n) is 4.45. The zero-order chi connectivity index (χ0) is 30.1. The van der Waals surface area contributed by atoms with E-state index < -0.39 is 17.5 Å². The predicted molar refractivity (Wildman–Crippen MR) is 164 cm³/mol. The monoisotopic (exact) mass is 700 g/mol. The number of benzene rings is 1. The van der Waals surface area contributed by atoms with Gasteiger partial charge in [0.25, 0.3) is 5.91 Å². The summed E-state index contributed by atoms with van der Waals surface area (Å²) in [5.74, 6) is -0.623. The van der Waals surface area contributed by atoms with Crippen LogP contribution < -0.4 is 29.5 Å². The Morgan fingerprint density at radius 3 is 2.41 bits per heavy atom. The molecule has 2 aromatic rings. The Bertz CT molecular complexity index is 1360. The molecular weight excluding hydrogens is 666 g/mol. The molecule has 14 heteroatoms. The van der Waals surface area contributed by atoms with E-state index in [4.69, 9.17) is 14.9 Å². The molecule has 0 radical (unpaired) electrons. The molecule has 2 atom stereocenters. The molecule has 1 aromatic carbocycles. The molecule has 0 bridgehead atoms. The third-order valence-electron chi connectivity index (χ3n) is 6.50. The van der Waals surface area contributed by atoms with Crippen LogP contribution in [-0.4, -0.2) is 53.6 Å². The number of amidine groups is 1. The van der Waals surface area contributed by atoms with Crippen molar-refractivity contribution in [1.82, 2.24) is 16.0 Å². The average Bonchev–Trinajstić information content (AvgIpc) is 3.45. The molecule has 1 heterocycles. The van der Waals surface area contributed by atoms with Crippen LogP contribution >= 0.6 is 34.2 Å². The summed E-state index contributed by atoms with van der Waals surface area (Å²) < 4.78 is 28.4. The first-order valence-corrected chi connectivity index (χ1v) is 15.0. The smallest absolute Gasteiger partial charge is 0.407 e. The minimum atomic E-state index is -0.613. The SMILES string of the molecule is CC(=O)N[C@H]1C[C@H](Oc2cc(F)ccc2NC(=N)c2c(NI)sc(C(=O)N[C@H]3C[C@@H]3NC(=O)OC(C)(C)C)c2C)C1. The van der Waals surface area contributed by atoms with Crippen molar-refractivity contribution in [2.75, 3.05) is 8.85 Å². The normalized spacial score (nSPS) is 21.1. The summed E-state index contributed by atoms with van der Waals surface area (Å²) in [7, 11) is 0. The Balaban J connectivity index is 1.41. The highest BCUT2D eigenvalue weighted by Crippen LogP contribution is 2.37. The molecule has 6 N–H and O–H groups in total. The number of carbonyl (C=O) groups excluding carboxylic acids is 3. The summed E-state index contributed by atoms with van der Waals surface area (Å²) in [6.07, 6.45) is 1.08. The maximum atomic E-state index is 14.1. The van der Waals surface area contributed by atoms with Crippen molar-refractivity contribution in [3.63, 3.8) is 0 Å². The standard InChI is InChI=1S/C27H34FIN6O5S/c1-12-21(23(30)32-17-7-6-14(28)8-20(17)39-16-9-15(10-16)31-13(2)36)25(35-29)41-22(12)24(37)33-18-11-19(18)34-26(38)40-27(3,4)5/h6-8,15-16,18-19,35H,9-11H2,1-5H3,(H2,30,32)(H,31,36)(H,33,37)(H,34,38)/t15-,16-,18-,19-/m0/s1. The van der Waals surface area contributed by atoms with Crippen LogP contribution in [0.25, 0.3) is 0 Å². The Hall–Kier alpha value is -3.14. The molecule has 3 amide bonds. The average molecular weight is 701 g/mol. The van der Waals surface area contributed by atoms with E-state index in [1.807, 2.05) is 22.9 Å². The number of thiophene rings is 1. The lowest BCUT2D eigenvalue weighted by Crippen LogP contribution is -2.48. The number of nitrogens with one attached hydrogen (secondary N) is 6. The molecule has 4 rings (SSSR count). The molecule has 0 saturated heterocycles. The van der Waals surface area contributed by atoms with E-state index in [0.717, 1.165) is 0 Å². The molecule has 2 aliphatic carbocycles. The lowest BCUT2D eigenvalue weighted by Gasteiger charge is -2.36. The summed E-state index contributed by atoms with van der Waals surface area (Å²) in [5.41, 5.74) is 0.893. The lowest BCUT2D eigenvalue weighted by atomic mass is 9.89. The summed E-state index contributed by atoms with van der Waals surface area (Å²) in [6.45, 7) is 8.56. The van der Waals surface area contributed by atoms with Crippen molar-refractivity contribution in [1.29, 1.82) is 5.41 Å². The number of hydrogen-bond acceptors (Lipinski definition) is 8. The second-order valence-corrected chi connectivity index (χ2v) is 12.7. The number of rotatable bonds is 9. The second-order valence-electron chi connectivity index (χ2n) is 11.2. The van der Waals surface area contributed by atoms with Gasteiger partial charge in [-0.15, -0.1) is 11.3 Å². The van der Waals surface area contributed by atoms with Crippen molar-refractivity contribution in [2.45, 2.75) is 83.7 Å².